The van der Waals surface area contributed by atoms with Gasteiger partial charge in [0.05, 0.1) is 6.10 Å². The zero-order valence-corrected chi connectivity index (χ0v) is 12.4. The average Bonchev–Trinajstić information content (AvgIpc) is 2.41. The predicted octanol–water partition coefficient (Wildman–Crippen LogP) is 3.12. The molecule has 106 valence electrons. The van der Waals surface area contributed by atoms with Gasteiger partial charge in [0.1, 0.15) is 0 Å². The Hall–Kier alpha value is -1.06. The Morgan fingerprint density at radius 2 is 1.84 bits per heavy atom. The maximum atomic E-state index is 5.43. The van der Waals surface area contributed by atoms with Gasteiger partial charge in [0.2, 0.25) is 0 Å². The molecule has 0 bridgehead atoms. The fourth-order valence-electron chi connectivity index (χ4n) is 2.80. The summed E-state index contributed by atoms with van der Waals surface area (Å²) in [5, 5.41) is 3.72. The quantitative estimate of drug-likeness (QED) is 0.882. The molecule has 1 aromatic carbocycles. The van der Waals surface area contributed by atoms with Crippen molar-refractivity contribution >= 4 is 5.69 Å². The number of nitrogens with zero attached hydrogens (tertiary/aromatic N) is 1. The summed E-state index contributed by atoms with van der Waals surface area (Å²) in [6.45, 7) is 0.983. The third-order valence-corrected chi connectivity index (χ3v) is 3.87. The normalized spacial score (nSPS) is 23.6. The van der Waals surface area contributed by atoms with Gasteiger partial charge in [-0.1, -0.05) is 18.2 Å². The Bertz CT molecular complexity index is 384. The molecule has 0 heterocycles. The number of anilines is 1. The maximum Gasteiger partial charge on any atom is 0.0572 e. The molecule has 2 rings (SSSR count). The third-order valence-electron chi connectivity index (χ3n) is 3.87. The summed E-state index contributed by atoms with van der Waals surface area (Å²) in [7, 11) is 6.05. The van der Waals surface area contributed by atoms with Crippen molar-refractivity contribution < 1.29 is 4.74 Å². The summed E-state index contributed by atoms with van der Waals surface area (Å²) >= 11 is 0. The summed E-state index contributed by atoms with van der Waals surface area (Å²) < 4.78 is 5.43. The highest BCUT2D eigenvalue weighted by Crippen LogP contribution is 2.25. The van der Waals surface area contributed by atoms with E-state index < -0.39 is 0 Å². The van der Waals surface area contributed by atoms with Crippen LogP contribution in [0.4, 0.5) is 5.69 Å². The lowest BCUT2D eigenvalue weighted by molar-refractivity contribution is 0.0682. The fourth-order valence-corrected chi connectivity index (χ4v) is 2.80. The van der Waals surface area contributed by atoms with E-state index in [0.717, 1.165) is 6.54 Å². The van der Waals surface area contributed by atoms with Crippen LogP contribution >= 0.6 is 0 Å². The van der Waals surface area contributed by atoms with Crippen LogP contribution in [0.25, 0.3) is 0 Å². The molecule has 0 unspecified atom stereocenters. The maximum absolute atomic E-state index is 5.43. The van der Waals surface area contributed by atoms with Crippen LogP contribution in [0, 0.1) is 0 Å². The van der Waals surface area contributed by atoms with E-state index in [4.69, 9.17) is 4.74 Å². The lowest BCUT2D eigenvalue weighted by atomic mass is 9.92. The molecule has 0 spiro atoms. The van der Waals surface area contributed by atoms with Gasteiger partial charge in [0.25, 0.3) is 0 Å². The third kappa shape index (κ3) is 4.22. The van der Waals surface area contributed by atoms with E-state index in [1.165, 1.54) is 36.9 Å². The molecule has 1 aliphatic rings. The Morgan fingerprint density at radius 1 is 1.16 bits per heavy atom. The molecule has 0 radical (unpaired) electrons. The van der Waals surface area contributed by atoms with E-state index in [9.17, 15) is 0 Å². The molecule has 1 saturated carbocycles. The molecule has 1 aromatic rings. The average molecular weight is 262 g/mol. The molecule has 3 heteroatoms. The Balaban J connectivity index is 1.95. The molecule has 0 atom stereocenters. The number of hydrogen-bond donors (Lipinski definition) is 1. The van der Waals surface area contributed by atoms with E-state index in [0.29, 0.717) is 12.1 Å². The van der Waals surface area contributed by atoms with Crippen molar-refractivity contribution in [3.05, 3.63) is 29.8 Å². The lowest BCUT2D eigenvalue weighted by Crippen LogP contribution is -2.29. The summed E-state index contributed by atoms with van der Waals surface area (Å²) in [6.07, 6.45) is 5.22. The van der Waals surface area contributed by atoms with Crippen LogP contribution in [-0.2, 0) is 11.3 Å². The zero-order valence-electron chi connectivity index (χ0n) is 12.4. The molecule has 19 heavy (non-hydrogen) atoms. The fraction of sp³-hybridized carbons (Fsp3) is 0.625. The monoisotopic (exact) mass is 262 g/mol. The van der Waals surface area contributed by atoms with Gasteiger partial charge in [0, 0.05) is 25.4 Å². The summed E-state index contributed by atoms with van der Waals surface area (Å²) in [6, 6.07) is 9.23. The van der Waals surface area contributed by atoms with Gasteiger partial charge in [-0.25, -0.2) is 0 Å². The number of para-hydroxylation sites is 1. The standard InChI is InChI=1S/C16H26N2O/c1-18(2)12-13-6-4-5-7-16(13)17-14-8-10-15(19-3)11-9-14/h4-7,14-15,17H,8-12H2,1-3H3. The van der Waals surface area contributed by atoms with Crippen molar-refractivity contribution in [3.8, 4) is 0 Å². The molecular formula is C16H26N2O. The molecular weight excluding hydrogens is 236 g/mol. The number of rotatable bonds is 5. The summed E-state index contributed by atoms with van der Waals surface area (Å²) in [5.41, 5.74) is 2.67. The molecule has 1 aliphatic carbocycles. The van der Waals surface area contributed by atoms with Gasteiger partial charge in [-0.3, -0.25) is 0 Å². The van der Waals surface area contributed by atoms with Gasteiger partial charge in [-0.15, -0.1) is 0 Å². The minimum atomic E-state index is 0.468. The first-order valence-electron chi connectivity index (χ1n) is 7.21. The second-order valence-electron chi connectivity index (χ2n) is 5.75. The smallest absolute Gasteiger partial charge is 0.0572 e. The summed E-state index contributed by atoms with van der Waals surface area (Å²) in [4.78, 5) is 2.21. The van der Waals surface area contributed by atoms with Gasteiger partial charge >= 0.3 is 0 Å². The Morgan fingerprint density at radius 3 is 2.47 bits per heavy atom. The Labute approximate surface area is 116 Å². The number of ether oxygens (including phenoxy) is 1. The number of hydrogen-bond acceptors (Lipinski definition) is 3. The largest absolute Gasteiger partial charge is 0.382 e. The van der Waals surface area contributed by atoms with Crippen molar-refractivity contribution in [2.24, 2.45) is 0 Å². The number of nitrogens with one attached hydrogen (secondary N) is 1. The van der Waals surface area contributed by atoms with Crippen LogP contribution in [0.15, 0.2) is 24.3 Å². The zero-order chi connectivity index (χ0) is 13.7. The topological polar surface area (TPSA) is 24.5 Å². The van der Waals surface area contributed by atoms with Crippen molar-refractivity contribution in [2.75, 3.05) is 26.5 Å². The van der Waals surface area contributed by atoms with Crippen molar-refractivity contribution in [2.45, 2.75) is 44.4 Å². The predicted molar refractivity (Wildman–Crippen MR) is 80.5 cm³/mol. The van der Waals surface area contributed by atoms with Crippen LogP contribution in [0.3, 0.4) is 0 Å². The van der Waals surface area contributed by atoms with Crippen molar-refractivity contribution in [1.82, 2.24) is 4.90 Å². The number of methoxy groups -OCH3 is 1. The van der Waals surface area contributed by atoms with Crippen LogP contribution in [0.5, 0.6) is 0 Å². The van der Waals surface area contributed by atoms with Crippen LogP contribution in [0.2, 0.25) is 0 Å². The van der Waals surface area contributed by atoms with Crippen molar-refractivity contribution in [1.29, 1.82) is 0 Å². The molecule has 0 amide bonds. The first-order valence-corrected chi connectivity index (χ1v) is 7.21. The highest BCUT2D eigenvalue weighted by molar-refractivity contribution is 5.51. The second-order valence-corrected chi connectivity index (χ2v) is 5.75. The lowest BCUT2D eigenvalue weighted by Gasteiger charge is -2.29. The van der Waals surface area contributed by atoms with E-state index in [2.05, 4.69) is 48.6 Å². The molecule has 1 fully saturated rings. The molecule has 0 aromatic heterocycles. The van der Waals surface area contributed by atoms with Gasteiger partial charge in [-0.05, 0) is 51.4 Å². The van der Waals surface area contributed by atoms with Gasteiger partial charge in [-0.2, -0.15) is 0 Å². The van der Waals surface area contributed by atoms with Crippen LogP contribution < -0.4 is 5.32 Å². The highest BCUT2D eigenvalue weighted by atomic mass is 16.5. The van der Waals surface area contributed by atoms with E-state index >= 15 is 0 Å². The molecule has 0 saturated heterocycles. The van der Waals surface area contributed by atoms with E-state index in [1.807, 2.05) is 7.11 Å². The first-order chi connectivity index (χ1) is 9.19. The summed E-state index contributed by atoms with van der Waals surface area (Å²) in [5.74, 6) is 0. The van der Waals surface area contributed by atoms with Gasteiger partial charge in [0.15, 0.2) is 0 Å². The highest BCUT2D eigenvalue weighted by Gasteiger charge is 2.21. The number of benzene rings is 1. The minimum absolute atomic E-state index is 0.468. The van der Waals surface area contributed by atoms with Crippen molar-refractivity contribution in [3.63, 3.8) is 0 Å². The van der Waals surface area contributed by atoms with E-state index in [1.54, 1.807) is 0 Å². The van der Waals surface area contributed by atoms with Crippen LogP contribution in [0.1, 0.15) is 31.2 Å². The Kier molecular flexibility index (Phi) is 5.23. The van der Waals surface area contributed by atoms with Gasteiger partial charge < -0.3 is 15.0 Å². The minimum Gasteiger partial charge on any atom is -0.382 e. The molecule has 1 N–H and O–H groups in total. The first kappa shape index (κ1) is 14.4. The molecule has 0 aliphatic heterocycles. The second kappa shape index (κ2) is 6.92. The van der Waals surface area contributed by atoms with E-state index in [-0.39, 0.29) is 0 Å². The molecule has 3 nitrogen and oxygen atoms in total. The van der Waals surface area contributed by atoms with Crippen LogP contribution in [-0.4, -0.2) is 38.3 Å². The SMILES string of the molecule is COC1CCC(Nc2ccccc2CN(C)C)CC1.